The molecule has 1 N–H and O–H groups in total. The Morgan fingerprint density at radius 1 is 0.852 bits per heavy atom. The first kappa shape index (κ1) is 21.6. The van der Waals surface area contributed by atoms with E-state index in [2.05, 4.69) is 33.0 Å². The van der Waals surface area contributed by atoms with Crippen LogP contribution in [0, 0.1) is 5.82 Å². The van der Waals surface area contributed by atoms with Crippen molar-refractivity contribution < 1.29 is 18.0 Å². The van der Waals surface area contributed by atoms with Crippen molar-refractivity contribution in [1.29, 1.82) is 0 Å². The molecule has 0 radical (unpaired) electrons. The van der Waals surface area contributed by atoms with Gasteiger partial charge in [-0.1, -0.05) is 64.1 Å². The molecule has 0 bridgehead atoms. The van der Waals surface area contributed by atoms with Gasteiger partial charge in [0, 0.05) is 25.5 Å². The van der Waals surface area contributed by atoms with Crippen molar-refractivity contribution in [3.05, 3.63) is 65.0 Å². The van der Waals surface area contributed by atoms with Crippen LogP contribution < -0.4 is 5.32 Å². The second kappa shape index (κ2) is 9.01. The van der Waals surface area contributed by atoms with Crippen LogP contribution in [0.3, 0.4) is 0 Å². The zero-order chi connectivity index (χ0) is 20.2. The van der Waals surface area contributed by atoms with Crippen molar-refractivity contribution in [3.63, 3.8) is 0 Å². The third-order valence-electron chi connectivity index (χ3n) is 4.68. The molecule has 0 aromatic heterocycles. The van der Waals surface area contributed by atoms with Crippen molar-refractivity contribution >= 4 is 13.3 Å². The third kappa shape index (κ3) is 4.60. The number of hydrogen-bond donors (Lipinski definition) is 1. The monoisotopic (exact) mass is 393 g/mol. The number of anilines is 1. The van der Waals surface area contributed by atoms with Crippen molar-refractivity contribution in [2.24, 2.45) is 0 Å². The maximum Gasteiger partial charge on any atom is 0.356 e. The molecule has 0 saturated carbocycles. The lowest BCUT2D eigenvalue weighted by Gasteiger charge is -2.30. The van der Waals surface area contributed by atoms with Gasteiger partial charge in [0.25, 0.3) is 0 Å². The maximum absolute atomic E-state index is 14.6. The molecule has 0 aliphatic heterocycles. The fourth-order valence-electron chi connectivity index (χ4n) is 3.16. The summed E-state index contributed by atoms with van der Waals surface area (Å²) < 4.78 is 38.4. The maximum atomic E-state index is 14.6. The Labute approximate surface area is 161 Å². The molecule has 0 amide bonds. The lowest BCUT2D eigenvalue weighted by Crippen LogP contribution is -2.18. The average molecular weight is 393 g/mol. The summed E-state index contributed by atoms with van der Waals surface area (Å²) in [4.78, 5) is 0. The summed E-state index contributed by atoms with van der Waals surface area (Å²) in [5.74, 6) is -0.961. The van der Waals surface area contributed by atoms with E-state index < -0.39 is 19.2 Å². The Morgan fingerprint density at radius 3 is 1.78 bits per heavy atom. The SMILES string of the molecule is COP(=O)(OC)C(Nc1c(C(C)C)cccc1C(C)C)c1ccccc1F. The van der Waals surface area contributed by atoms with Gasteiger partial charge in [-0.2, -0.15) is 0 Å². The first-order chi connectivity index (χ1) is 12.7. The van der Waals surface area contributed by atoms with Gasteiger partial charge in [-0.25, -0.2) is 4.39 Å². The standard InChI is InChI=1S/C21H29FNO3P/c1-14(2)16-11-9-12-17(15(3)4)20(16)23-21(27(24,25-5)26-6)18-10-7-8-13-19(18)22/h7-15,21,23H,1-6H3. The number of para-hydroxylation sites is 1. The predicted molar refractivity (Wildman–Crippen MR) is 109 cm³/mol. The van der Waals surface area contributed by atoms with Gasteiger partial charge in [0.05, 0.1) is 0 Å². The topological polar surface area (TPSA) is 47.6 Å². The lowest BCUT2D eigenvalue weighted by molar-refractivity contribution is 0.268. The smallest absolute Gasteiger partial charge is 0.356 e. The summed E-state index contributed by atoms with van der Waals surface area (Å²) in [6.45, 7) is 8.37. The molecule has 27 heavy (non-hydrogen) atoms. The van der Waals surface area contributed by atoms with Crippen LogP contribution in [0.1, 0.15) is 62.0 Å². The molecule has 4 nitrogen and oxygen atoms in total. The van der Waals surface area contributed by atoms with Gasteiger partial charge < -0.3 is 14.4 Å². The van der Waals surface area contributed by atoms with Gasteiger partial charge in [-0.15, -0.1) is 0 Å². The fraction of sp³-hybridized carbons (Fsp3) is 0.429. The van der Waals surface area contributed by atoms with E-state index in [9.17, 15) is 8.96 Å². The molecule has 1 unspecified atom stereocenters. The van der Waals surface area contributed by atoms with Gasteiger partial charge in [0.15, 0.2) is 5.78 Å². The third-order valence-corrected chi connectivity index (χ3v) is 6.74. The summed E-state index contributed by atoms with van der Waals surface area (Å²) in [7, 11) is -1.02. The van der Waals surface area contributed by atoms with E-state index in [1.807, 2.05) is 18.2 Å². The van der Waals surface area contributed by atoms with E-state index in [0.29, 0.717) is 0 Å². The van der Waals surface area contributed by atoms with Crippen LogP contribution in [0.5, 0.6) is 0 Å². The molecule has 0 saturated heterocycles. The molecule has 0 aliphatic carbocycles. The largest absolute Gasteiger partial charge is 0.367 e. The van der Waals surface area contributed by atoms with E-state index >= 15 is 0 Å². The van der Waals surface area contributed by atoms with E-state index in [1.54, 1.807) is 18.2 Å². The van der Waals surface area contributed by atoms with Gasteiger partial charge in [-0.3, -0.25) is 4.57 Å². The van der Waals surface area contributed by atoms with Gasteiger partial charge >= 0.3 is 7.60 Å². The predicted octanol–water partition coefficient (Wildman–Crippen LogP) is 6.67. The number of hydrogen-bond acceptors (Lipinski definition) is 4. The van der Waals surface area contributed by atoms with Crippen LogP contribution in [0.25, 0.3) is 0 Å². The first-order valence-electron chi connectivity index (χ1n) is 9.10. The zero-order valence-electron chi connectivity index (χ0n) is 16.8. The van der Waals surface area contributed by atoms with Gasteiger partial charge in [-0.05, 0) is 29.0 Å². The molecule has 1 atom stereocenters. The molecule has 2 rings (SSSR count). The first-order valence-corrected chi connectivity index (χ1v) is 10.7. The number of benzene rings is 2. The highest BCUT2D eigenvalue weighted by atomic mass is 31.2. The summed E-state index contributed by atoms with van der Waals surface area (Å²) in [5.41, 5.74) is 3.24. The summed E-state index contributed by atoms with van der Waals surface area (Å²) in [6.07, 6.45) is 0. The minimum Gasteiger partial charge on any atom is -0.367 e. The van der Waals surface area contributed by atoms with Crippen LogP contribution in [0.15, 0.2) is 42.5 Å². The van der Waals surface area contributed by atoms with Crippen molar-refractivity contribution in [3.8, 4) is 0 Å². The molecule has 0 spiro atoms. The minimum atomic E-state index is -3.66. The van der Waals surface area contributed by atoms with Crippen LogP contribution in [0.2, 0.25) is 0 Å². The molecular weight excluding hydrogens is 364 g/mol. The molecule has 0 heterocycles. The van der Waals surface area contributed by atoms with Crippen LogP contribution in [0.4, 0.5) is 10.1 Å². The number of halogens is 1. The van der Waals surface area contributed by atoms with Gasteiger partial charge in [0.2, 0.25) is 0 Å². The normalized spacial score (nSPS) is 13.2. The Balaban J connectivity index is 2.67. The minimum absolute atomic E-state index is 0.233. The summed E-state index contributed by atoms with van der Waals surface area (Å²) >= 11 is 0. The van der Waals surface area contributed by atoms with E-state index in [4.69, 9.17) is 9.05 Å². The molecule has 6 heteroatoms. The molecular formula is C21H29FNO3P. The van der Waals surface area contributed by atoms with Crippen LogP contribution in [-0.2, 0) is 13.6 Å². The molecule has 2 aromatic rings. The Morgan fingerprint density at radius 2 is 1.33 bits per heavy atom. The molecule has 0 fully saturated rings. The molecule has 0 aliphatic rings. The van der Waals surface area contributed by atoms with Crippen LogP contribution in [-0.4, -0.2) is 14.2 Å². The number of rotatable bonds is 8. The second-order valence-electron chi connectivity index (χ2n) is 7.09. The molecule has 148 valence electrons. The summed E-state index contributed by atoms with van der Waals surface area (Å²) in [6, 6.07) is 12.3. The Kier molecular flexibility index (Phi) is 7.21. The highest BCUT2D eigenvalue weighted by molar-refractivity contribution is 7.54. The molecule has 2 aromatic carbocycles. The number of nitrogens with one attached hydrogen (secondary N) is 1. The quantitative estimate of drug-likeness (QED) is 0.509. The van der Waals surface area contributed by atoms with Gasteiger partial charge in [0.1, 0.15) is 5.82 Å². The van der Waals surface area contributed by atoms with E-state index in [1.165, 1.54) is 20.3 Å². The fourth-order valence-corrected chi connectivity index (χ4v) is 4.57. The average Bonchev–Trinajstić information content (AvgIpc) is 2.65. The second-order valence-corrected chi connectivity index (χ2v) is 9.42. The van der Waals surface area contributed by atoms with Crippen molar-refractivity contribution in [1.82, 2.24) is 0 Å². The lowest BCUT2D eigenvalue weighted by atomic mass is 9.92. The Hall–Kier alpha value is -1.68. The summed E-state index contributed by atoms with van der Waals surface area (Å²) in [5, 5.41) is 3.33. The van der Waals surface area contributed by atoms with Crippen LogP contribution >= 0.6 is 7.60 Å². The Bertz CT molecular complexity index is 789. The highest BCUT2D eigenvalue weighted by Gasteiger charge is 2.38. The van der Waals surface area contributed by atoms with Crippen molar-refractivity contribution in [2.45, 2.75) is 45.3 Å². The van der Waals surface area contributed by atoms with E-state index in [-0.39, 0.29) is 17.4 Å². The van der Waals surface area contributed by atoms with E-state index in [0.717, 1.165) is 16.8 Å². The highest BCUT2D eigenvalue weighted by Crippen LogP contribution is 2.60. The zero-order valence-corrected chi connectivity index (χ0v) is 17.7. The van der Waals surface area contributed by atoms with Crippen molar-refractivity contribution in [2.75, 3.05) is 19.5 Å².